The van der Waals surface area contributed by atoms with Crippen molar-refractivity contribution in [3.05, 3.63) is 50.9 Å². The van der Waals surface area contributed by atoms with Crippen LogP contribution in [-0.4, -0.2) is 11.0 Å². The van der Waals surface area contributed by atoms with Crippen LogP contribution in [0.1, 0.15) is 64.7 Å². The Bertz CT molecular complexity index is 988. The van der Waals surface area contributed by atoms with Crippen molar-refractivity contribution in [3.63, 3.8) is 0 Å². The number of nitrogens with one attached hydrogen (secondary N) is 2. The number of fused-ring (bicyclic) bond motifs is 1. The molecular weight excluding hydrogens is 398 g/mol. The van der Waals surface area contributed by atoms with E-state index in [1.807, 2.05) is 32.0 Å². The van der Waals surface area contributed by atoms with Crippen LogP contribution in [0.25, 0.3) is 0 Å². The number of hydrogen-bond acceptors (Lipinski definition) is 4. The minimum atomic E-state index is -0.248. The first kappa shape index (κ1) is 21.5. The number of thiocarbonyl (C=S) groups is 1. The maximum Gasteiger partial charge on any atom is 0.257 e. The van der Waals surface area contributed by atoms with Gasteiger partial charge in [0.15, 0.2) is 5.11 Å². The predicted molar refractivity (Wildman–Crippen MR) is 124 cm³/mol. The third-order valence-electron chi connectivity index (χ3n) is 5.54. The molecule has 2 aromatic rings. The Balaban J connectivity index is 1.75. The monoisotopic (exact) mass is 425 g/mol. The van der Waals surface area contributed by atoms with Crippen molar-refractivity contribution in [2.45, 2.75) is 53.9 Å². The Morgan fingerprint density at radius 3 is 2.48 bits per heavy atom. The van der Waals surface area contributed by atoms with Crippen LogP contribution in [-0.2, 0) is 12.8 Å². The fraction of sp³-hybridized carbons (Fsp3) is 0.435. The maximum atomic E-state index is 12.6. The third-order valence-corrected chi connectivity index (χ3v) is 6.91. The van der Waals surface area contributed by atoms with Crippen molar-refractivity contribution < 1.29 is 4.79 Å². The highest BCUT2D eigenvalue weighted by molar-refractivity contribution is 7.80. The summed E-state index contributed by atoms with van der Waals surface area (Å²) in [5.74, 6) is 0.353. The molecule has 6 heteroatoms. The molecule has 3 rings (SSSR count). The number of carbonyl (C=O) groups is 1. The van der Waals surface area contributed by atoms with Gasteiger partial charge in [0.2, 0.25) is 0 Å². The van der Waals surface area contributed by atoms with Gasteiger partial charge in [-0.1, -0.05) is 38.0 Å². The SMILES string of the molecule is Cc1cc(C)cc(C(=O)NC(=S)Nc2sc3c(c2C#N)CC[C@@H](C(C)(C)C)C3)c1. The molecule has 1 heterocycles. The molecule has 1 atom stereocenters. The number of amides is 1. The minimum absolute atomic E-state index is 0.219. The van der Waals surface area contributed by atoms with Crippen LogP contribution < -0.4 is 10.6 Å². The summed E-state index contributed by atoms with van der Waals surface area (Å²) in [6.45, 7) is 10.7. The van der Waals surface area contributed by atoms with Gasteiger partial charge in [-0.05, 0) is 74.4 Å². The first-order valence-electron chi connectivity index (χ1n) is 9.83. The molecule has 0 bridgehead atoms. The summed E-state index contributed by atoms with van der Waals surface area (Å²) in [7, 11) is 0. The predicted octanol–water partition coefficient (Wildman–Crippen LogP) is 5.51. The number of anilines is 1. The number of aryl methyl sites for hydroxylation is 2. The van der Waals surface area contributed by atoms with E-state index in [0.717, 1.165) is 41.0 Å². The highest BCUT2D eigenvalue weighted by atomic mass is 32.1. The summed E-state index contributed by atoms with van der Waals surface area (Å²) < 4.78 is 0. The molecule has 0 radical (unpaired) electrons. The zero-order valence-corrected chi connectivity index (χ0v) is 19.2. The van der Waals surface area contributed by atoms with E-state index in [4.69, 9.17) is 12.2 Å². The standard InChI is InChI=1S/C23H27N3OS2/c1-13-8-14(2)10-15(9-13)20(27)25-22(28)26-21-18(12-24)17-7-6-16(23(3,4)5)11-19(17)29-21/h8-10,16H,6-7,11H2,1-5H3,(H2,25,26,27,28)/t16-/m1/s1. The number of nitriles is 1. The quantitative estimate of drug-likeness (QED) is 0.622. The fourth-order valence-electron chi connectivity index (χ4n) is 3.95. The fourth-order valence-corrected chi connectivity index (χ4v) is 5.49. The molecule has 0 spiro atoms. The largest absolute Gasteiger partial charge is 0.323 e. The number of benzene rings is 1. The molecular formula is C23H27N3OS2. The van der Waals surface area contributed by atoms with E-state index in [0.29, 0.717) is 17.0 Å². The van der Waals surface area contributed by atoms with E-state index in [2.05, 4.69) is 37.5 Å². The minimum Gasteiger partial charge on any atom is -0.323 e. The number of rotatable bonds is 2. The van der Waals surface area contributed by atoms with Crippen LogP contribution in [0.2, 0.25) is 0 Å². The zero-order chi connectivity index (χ0) is 21.3. The zero-order valence-electron chi connectivity index (χ0n) is 17.6. The molecule has 0 unspecified atom stereocenters. The molecule has 0 saturated carbocycles. The van der Waals surface area contributed by atoms with Crippen LogP contribution in [0.4, 0.5) is 5.00 Å². The van der Waals surface area contributed by atoms with Gasteiger partial charge in [-0.2, -0.15) is 5.26 Å². The molecule has 0 saturated heterocycles. The molecule has 4 nitrogen and oxygen atoms in total. The van der Waals surface area contributed by atoms with Gasteiger partial charge in [0.25, 0.3) is 5.91 Å². The van der Waals surface area contributed by atoms with Gasteiger partial charge in [0.1, 0.15) is 11.1 Å². The number of thiophene rings is 1. The number of hydrogen-bond donors (Lipinski definition) is 2. The summed E-state index contributed by atoms with van der Waals surface area (Å²) in [6.07, 6.45) is 3.00. The topological polar surface area (TPSA) is 64.9 Å². The number of nitrogens with zero attached hydrogens (tertiary/aromatic N) is 1. The lowest BCUT2D eigenvalue weighted by atomic mass is 9.72. The Hall–Kier alpha value is -2.23. The first-order valence-corrected chi connectivity index (χ1v) is 11.1. The van der Waals surface area contributed by atoms with Crippen molar-refractivity contribution in [2.24, 2.45) is 11.3 Å². The molecule has 152 valence electrons. The van der Waals surface area contributed by atoms with Crippen LogP contribution in [0, 0.1) is 36.5 Å². The Labute approximate surface area is 182 Å². The van der Waals surface area contributed by atoms with Crippen molar-refractivity contribution in [3.8, 4) is 6.07 Å². The van der Waals surface area contributed by atoms with E-state index < -0.39 is 0 Å². The van der Waals surface area contributed by atoms with Gasteiger partial charge in [-0.3, -0.25) is 10.1 Å². The Morgan fingerprint density at radius 2 is 1.90 bits per heavy atom. The van der Waals surface area contributed by atoms with Gasteiger partial charge in [-0.25, -0.2) is 0 Å². The molecule has 0 aliphatic heterocycles. The Morgan fingerprint density at radius 1 is 1.24 bits per heavy atom. The van der Waals surface area contributed by atoms with Crippen molar-refractivity contribution in [1.82, 2.24) is 5.32 Å². The molecule has 1 aliphatic carbocycles. The average molecular weight is 426 g/mol. The van der Waals surface area contributed by atoms with Crippen molar-refractivity contribution in [2.75, 3.05) is 5.32 Å². The van der Waals surface area contributed by atoms with Gasteiger partial charge < -0.3 is 5.32 Å². The van der Waals surface area contributed by atoms with Gasteiger partial charge in [0.05, 0.1) is 5.56 Å². The van der Waals surface area contributed by atoms with E-state index in [-0.39, 0.29) is 16.4 Å². The lowest BCUT2D eigenvalue weighted by Gasteiger charge is -2.33. The highest BCUT2D eigenvalue weighted by Gasteiger charge is 2.32. The average Bonchev–Trinajstić information content (AvgIpc) is 2.95. The van der Waals surface area contributed by atoms with E-state index in [9.17, 15) is 10.1 Å². The molecule has 1 aromatic carbocycles. The van der Waals surface area contributed by atoms with Gasteiger partial charge in [0, 0.05) is 10.4 Å². The second kappa shape index (κ2) is 8.25. The maximum absolute atomic E-state index is 12.6. The number of carbonyl (C=O) groups excluding carboxylic acids is 1. The second-order valence-corrected chi connectivity index (χ2v) is 10.4. The van der Waals surface area contributed by atoms with Crippen LogP contribution >= 0.6 is 23.6 Å². The van der Waals surface area contributed by atoms with Gasteiger partial charge in [-0.15, -0.1) is 11.3 Å². The summed E-state index contributed by atoms with van der Waals surface area (Å²) in [5, 5.41) is 16.5. The smallest absolute Gasteiger partial charge is 0.257 e. The normalized spacial score (nSPS) is 15.9. The molecule has 1 amide bonds. The Kier molecular flexibility index (Phi) is 6.11. The molecule has 1 aromatic heterocycles. The lowest BCUT2D eigenvalue weighted by Crippen LogP contribution is -2.34. The summed E-state index contributed by atoms with van der Waals surface area (Å²) >= 11 is 6.95. The summed E-state index contributed by atoms with van der Waals surface area (Å²) in [4.78, 5) is 13.8. The molecule has 29 heavy (non-hydrogen) atoms. The second-order valence-electron chi connectivity index (χ2n) is 8.91. The first-order chi connectivity index (χ1) is 13.6. The summed E-state index contributed by atoms with van der Waals surface area (Å²) in [5.41, 5.74) is 4.69. The summed E-state index contributed by atoms with van der Waals surface area (Å²) in [6, 6.07) is 8.03. The highest BCUT2D eigenvalue weighted by Crippen LogP contribution is 2.43. The van der Waals surface area contributed by atoms with Crippen molar-refractivity contribution in [1.29, 1.82) is 5.26 Å². The van der Waals surface area contributed by atoms with Crippen LogP contribution in [0.3, 0.4) is 0 Å². The van der Waals surface area contributed by atoms with Crippen molar-refractivity contribution >= 4 is 39.6 Å². The lowest BCUT2D eigenvalue weighted by molar-refractivity contribution is 0.0977. The third kappa shape index (κ3) is 4.85. The van der Waals surface area contributed by atoms with E-state index in [1.165, 1.54) is 4.88 Å². The van der Waals surface area contributed by atoms with Gasteiger partial charge >= 0.3 is 0 Å². The van der Waals surface area contributed by atoms with Crippen LogP contribution in [0.15, 0.2) is 18.2 Å². The molecule has 1 aliphatic rings. The van der Waals surface area contributed by atoms with E-state index >= 15 is 0 Å². The molecule has 0 fully saturated rings. The molecule has 2 N–H and O–H groups in total. The van der Waals surface area contributed by atoms with E-state index in [1.54, 1.807) is 11.3 Å². The van der Waals surface area contributed by atoms with Crippen LogP contribution in [0.5, 0.6) is 0 Å².